The number of benzene rings is 1. The Balaban J connectivity index is 2.03. The number of allylic oxidation sites excluding steroid dienone is 2. The van der Waals surface area contributed by atoms with Gasteiger partial charge in [-0.1, -0.05) is 45.1 Å². The van der Waals surface area contributed by atoms with E-state index < -0.39 is 0 Å². The van der Waals surface area contributed by atoms with Gasteiger partial charge in [-0.15, -0.1) is 0 Å². The van der Waals surface area contributed by atoms with Gasteiger partial charge in [0.15, 0.2) is 0 Å². The first-order valence-corrected chi connectivity index (χ1v) is 8.44. The van der Waals surface area contributed by atoms with E-state index in [1.165, 1.54) is 0 Å². The normalized spacial score (nSPS) is 24.0. The molecule has 3 atom stereocenters. The fourth-order valence-corrected chi connectivity index (χ4v) is 3.77. The van der Waals surface area contributed by atoms with Gasteiger partial charge in [-0.2, -0.15) is 0 Å². The van der Waals surface area contributed by atoms with Crippen molar-refractivity contribution in [2.24, 2.45) is 17.3 Å². The molecule has 0 spiro atoms. The Bertz CT molecular complexity index is 577. The lowest BCUT2D eigenvalue weighted by Crippen LogP contribution is -2.39. The zero-order chi connectivity index (χ0) is 17.0. The fourth-order valence-electron chi connectivity index (χ4n) is 3.77. The van der Waals surface area contributed by atoms with E-state index in [-0.39, 0.29) is 17.4 Å². The number of hydrogen-bond donors (Lipinski definition) is 1. The van der Waals surface area contributed by atoms with Crippen molar-refractivity contribution in [3.05, 3.63) is 36.4 Å². The van der Waals surface area contributed by atoms with Crippen LogP contribution in [0.4, 0.5) is 5.69 Å². The molecular weight excluding hydrogens is 286 g/mol. The van der Waals surface area contributed by atoms with Crippen LogP contribution >= 0.6 is 0 Å². The first-order chi connectivity index (χ1) is 10.8. The van der Waals surface area contributed by atoms with Gasteiger partial charge in [0.2, 0.25) is 0 Å². The summed E-state index contributed by atoms with van der Waals surface area (Å²) in [7, 11) is 1.66. The summed E-state index contributed by atoms with van der Waals surface area (Å²) in [6.45, 7) is 8.61. The zero-order valence-corrected chi connectivity index (χ0v) is 14.9. The molecule has 1 aromatic rings. The zero-order valence-electron chi connectivity index (χ0n) is 14.9. The van der Waals surface area contributed by atoms with Gasteiger partial charge in [0.1, 0.15) is 11.5 Å². The van der Waals surface area contributed by atoms with Crippen LogP contribution in [-0.4, -0.2) is 18.9 Å². The van der Waals surface area contributed by atoms with Crippen LogP contribution in [0.1, 0.15) is 40.5 Å². The second-order valence-corrected chi connectivity index (χ2v) is 7.37. The van der Waals surface area contributed by atoms with Crippen molar-refractivity contribution in [3.8, 4) is 5.75 Å². The van der Waals surface area contributed by atoms with E-state index >= 15 is 0 Å². The van der Waals surface area contributed by atoms with E-state index in [0.717, 1.165) is 17.9 Å². The average Bonchev–Trinajstić information content (AvgIpc) is 2.46. The number of rotatable bonds is 6. The first kappa shape index (κ1) is 17.6. The molecule has 2 rings (SSSR count). The summed E-state index contributed by atoms with van der Waals surface area (Å²) < 4.78 is 5.36. The topological polar surface area (TPSA) is 38.3 Å². The third kappa shape index (κ3) is 4.15. The smallest absolute Gasteiger partial charge is 0.141 e. The van der Waals surface area contributed by atoms with Crippen LogP contribution in [0.15, 0.2) is 36.4 Å². The van der Waals surface area contributed by atoms with Crippen LogP contribution in [0.25, 0.3) is 0 Å². The highest BCUT2D eigenvalue weighted by Crippen LogP contribution is 2.41. The maximum absolute atomic E-state index is 12.9. The molecule has 126 valence electrons. The second-order valence-electron chi connectivity index (χ2n) is 7.37. The molecule has 23 heavy (non-hydrogen) atoms. The van der Waals surface area contributed by atoms with Crippen LogP contribution in [0, 0.1) is 17.3 Å². The lowest BCUT2D eigenvalue weighted by atomic mass is 9.64. The van der Waals surface area contributed by atoms with Crippen LogP contribution in [0.2, 0.25) is 0 Å². The van der Waals surface area contributed by atoms with Crippen molar-refractivity contribution in [1.82, 2.24) is 0 Å². The molecule has 1 N–H and O–H groups in total. The van der Waals surface area contributed by atoms with E-state index in [1.54, 1.807) is 7.11 Å². The molecule has 0 heterocycles. The molecule has 0 bridgehead atoms. The maximum Gasteiger partial charge on any atom is 0.141 e. The summed E-state index contributed by atoms with van der Waals surface area (Å²) in [6, 6.07) is 7.89. The van der Waals surface area contributed by atoms with Gasteiger partial charge < -0.3 is 10.1 Å². The predicted molar refractivity (Wildman–Crippen MR) is 95.9 cm³/mol. The van der Waals surface area contributed by atoms with Crippen molar-refractivity contribution in [3.63, 3.8) is 0 Å². The number of hydrogen-bond acceptors (Lipinski definition) is 3. The van der Waals surface area contributed by atoms with E-state index in [0.29, 0.717) is 18.1 Å². The summed E-state index contributed by atoms with van der Waals surface area (Å²) in [5.74, 6) is 1.56. The maximum atomic E-state index is 12.9. The SMILES string of the molecule is COc1ccccc1N[C@@H](C)CC(=O)[C@@H]1[C@H](C)C=CCC1(C)C. The highest BCUT2D eigenvalue weighted by molar-refractivity contribution is 5.83. The molecule has 0 amide bonds. The molecular formula is C20H29NO2. The van der Waals surface area contributed by atoms with Crippen molar-refractivity contribution in [1.29, 1.82) is 0 Å². The summed E-state index contributed by atoms with van der Waals surface area (Å²) in [5.41, 5.74) is 0.973. The number of carbonyl (C=O) groups excluding carboxylic acids is 1. The molecule has 1 aliphatic rings. The van der Waals surface area contributed by atoms with Crippen molar-refractivity contribution >= 4 is 11.5 Å². The molecule has 0 unspecified atom stereocenters. The van der Waals surface area contributed by atoms with Gasteiger partial charge in [0.05, 0.1) is 12.8 Å². The Hall–Kier alpha value is -1.77. The number of para-hydroxylation sites is 2. The number of ketones is 1. The van der Waals surface area contributed by atoms with Gasteiger partial charge in [0, 0.05) is 18.4 Å². The highest BCUT2D eigenvalue weighted by Gasteiger charge is 2.39. The number of Topliss-reactive ketones (excluding diaryl/α,β-unsaturated/α-hetero) is 1. The predicted octanol–water partition coefficient (Wildman–Crippen LogP) is 4.69. The molecule has 3 heteroatoms. The fraction of sp³-hybridized carbons (Fsp3) is 0.550. The van der Waals surface area contributed by atoms with Crippen LogP contribution in [0.3, 0.4) is 0 Å². The largest absolute Gasteiger partial charge is 0.495 e. The number of nitrogens with one attached hydrogen (secondary N) is 1. The number of anilines is 1. The van der Waals surface area contributed by atoms with Crippen LogP contribution < -0.4 is 10.1 Å². The summed E-state index contributed by atoms with van der Waals surface area (Å²) in [6.07, 6.45) is 5.91. The average molecular weight is 315 g/mol. The molecule has 0 saturated heterocycles. The van der Waals surface area contributed by atoms with Crippen molar-refractivity contribution in [2.45, 2.75) is 46.6 Å². The quantitative estimate of drug-likeness (QED) is 0.774. The molecule has 0 fully saturated rings. The van der Waals surface area contributed by atoms with Gasteiger partial charge in [-0.25, -0.2) is 0 Å². The van der Waals surface area contributed by atoms with Crippen molar-refractivity contribution in [2.75, 3.05) is 12.4 Å². The van der Waals surface area contributed by atoms with Crippen LogP contribution in [0.5, 0.6) is 5.75 Å². The first-order valence-electron chi connectivity index (χ1n) is 8.44. The Labute approximate surface area is 140 Å². The van der Waals surface area contributed by atoms with Gasteiger partial charge in [0.25, 0.3) is 0 Å². The minimum Gasteiger partial charge on any atom is -0.495 e. The molecule has 0 aromatic heterocycles. The van der Waals surface area contributed by atoms with Gasteiger partial charge in [-0.3, -0.25) is 4.79 Å². The Kier molecular flexibility index (Phi) is 5.51. The third-order valence-electron chi connectivity index (χ3n) is 4.81. The molecule has 0 radical (unpaired) electrons. The third-order valence-corrected chi connectivity index (χ3v) is 4.81. The summed E-state index contributed by atoms with van der Waals surface area (Å²) in [5, 5.41) is 3.41. The Morgan fingerprint density at radius 1 is 1.39 bits per heavy atom. The van der Waals surface area contributed by atoms with E-state index in [2.05, 4.69) is 45.2 Å². The minimum absolute atomic E-state index is 0.0371. The summed E-state index contributed by atoms with van der Waals surface area (Å²) >= 11 is 0. The second kappa shape index (κ2) is 7.20. The Morgan fingerprint density at radius 2 is 2.09 bits per heavy atom. The minimum atomic E-state index is 0.0371. The molecule has 1 aromatic carbocycles. The lowest BCUT2D eigenvalue weighted by Gasteiger charge is -2.39. The van der Waals surface area contributed by atoms with Crippen LogP contribution in [-0.2, 0) is 4.79 Å². The molecule has 1 aliphatic carbocycles. The van der Waals surface area contributed by atoms with E-state index in [9.17, 15) is 4.79 Å². The highest BCUT2D eigenvalue weighted by atomic mass is 16.5. The lowest BCUT2D eigenvalue weighted by molar-refractivity contribution is -0.128. The standard InChI is InChI=1S/C20H29NO2/c1-14-9-8-12-20(3,4)19(14)17(22)13-15(2)21-16-10-6-7-11-18(16)23-5/h6-11,14-15,19,21H,12-13H2,1-5H3/t14-,15+,19+/m1/s1. The van der Waals surface area contributed by atoms with E-state index in [1.807, 2.05) is 24.3 Å². The van der Waals surface area contributed by atoms with Gasteiger partial charge >= 0.3 is 0 Å². The molecule has 0 saturated carbocycles. The Morgan fingerprint density at radius 3 is 2.74 bits per heavy atom. The number of ether oxygens (including phenoxy) is 1. The monoisotopic (exact) mass is 315 g/mol. The molecule has 0 aliphatic heterocycles. The van der Waals surface area contributed by atoms with Crippen molar-refractivity contribution < 1.29 is 9.53 Å². The number of carbonyl (C=O) groups is 1. The summed E-state index contributed by atoms with van der Waals surface area (Å²) in [4.78, 5) is 12.9. The van der Waals surface area contributed by atoms with E-state index in [4.69, 9.17) is 4.74 Å². The molecule has 3 nitrogen and oxygen atoms in total. The van der Waals surface area contributed by atoms with Gasteiger partial charge in [-0.05, 0) is 36.8 Å². The number of methoxy groups -OCH3 is 1.